The minimum absolute atomic E-state index is 0.266. The van der Waals surface area contributed by atoms with Gasteiger partial charge in [0.2, 0.25) is 5.91 Å². The Hall–Kier alpha value is -2.05. The van der Waals surface area contributed by atoms with Gasteiger partial charge in [0.25, 0.3) is 0 Å². The van der Waals surface area contributed by atoms with Crippen LogP contribution in [0.1, 0.15) is 24.2 Å². The van der Waals surface area contributed by atoms with Gasteiger partial charge in [-0.15, -0.1) is 0 Å². The third kappa shape index (κ3) is 5.16. The number of aryl methyl sites for hydroxylation is 2. The Morgan fingerprint density at radius 3 is 2.30 bits per heavy atom. The van der Waals surface area contributed by atoms with Gasteiger partial charge in [-0.25, -0.2) is 0 Å². The molecule has 2 aliphatic heterocycles. The molecule has 0 aliphatic carbocycles. The van der Waals surface area contributed by atoms with E-state index >= 15 is 0 Å². The minimum atomic E-state index is 0.266. The molecule has 2 saturated heterocycles. The van der Waals surface area contributed by atoms with Gasteiger partial charge >= 0.3 is 0 Å². The van der Waals surface area contributed by atoms with E-state index in [4.69, 9.17) is 11.6 Å². The summed E-state index contributed by atoms with van der Waals surface area (Å²) in [7, 11) is 0. The molecule has 0 bridgehead atoms. The largest absolute Gasteiger partial charge is 0.368 e. The first-order valence-corrected chi connectivity index (χ1v) is 11.4. The number of aromatic nitrogens is 2. The van der Waals surface area contributed by atoms with Gasteiger partial charge in [0, 0.05) is 49.1 Å². The van der Waals surface area contributed by atoms with Crippen LogP contribution < -0.4 is 4.90 Å². The molecule has 162 valence electrons. The third-order valence-corrected chi connectivity index (χ3v) is 6.68. The second kappa shape index (κ2) is 9.40. The molecule has 4 rings (SSSR count). The lowest BCUT2D eigenvalue weighted by Gasteiger charge is -2.38. The number of rotatable bonds is 5. The second-order valence-electron chi connectivity index (χ2n) is 8.67. The maximum atomic E-state index is 12.8. The fraction of sp³-hybridized carbons (Fsp3) is 0.565. The molecule has 0 N–H and O–H groups in total. The van der Waals surface area contributed by atoms with Crippen molar-refractivity contribution in [2.75, 3.05) is 50.7 Å². The minimum Gasteiger partial charge on any atom is -0.368 e. The van der Waals surface area contributed by atoms with Crippen LogP contribution in [0.2, 0.25) is 5.02 Å². The molecule has 0 radical (unpaired) electrons. The summed E-state index contributed by atoms with van der Waals surface area (Å²) in [6.45, 7) is 11.0. The molecule has 30 heavy (non-hydrogen) atoms. The molecule has 0 atom stereocenters. The lowest BCUT2D eigenvalue weighted by atomic mass is 9.97. The summed E-state index contributed by atoms with van der Waals surface area (Å²) in [4.78, 5) is 19.5. The number of benzene rings is 1. The summed E-state index contributed by atoms with van der Waals surface area (Å²) >= 11 is 5.98. The lowest BCUT2D eigenvalue weighted by molar-refractivity contribution is -0.133. The zero-order valence-corrected chi connectivity index (χ0v) is 18.8. The molecule has 0 unspecified atom stereocenters. The van der Waals surface area contributed by atoms with Gasteiger partial charge < -0.3 is 9.80 Å². The quantitative estimate of drug-likeness (QED) is 0.732. The van der Waals surface area contributed by atoms with Crippen LogP contribution in [0.4, 0.5) is 5.69 Å². The summed E-state index contributed by atoms with van der Waals surface area (Å²) in [5.74, 6) is 0.917. The molecule has 7 heteroatoms. The smallest absolute Gasteiger partial charge is 0.236 e. The highest BCUT2D eigenvalue weighted by Gasteiger charge is 2.26. The fourth-order valence-corrected chi connectivity index (χ4v) is 4.71. The van der Waals surface area contributed by atoms with Gasteiger partial charge in [-0.3, -0.25) is 14.4 Å². The summed E-state index contributed by atoms with van der Waals surface area (Å²) in [6.07, 6.45) is 2.27. The highest BCUT2D eigenvalue weighted by Crippen LogP contribution is 2.21. The maximum Gasteiger partial charge on any atom is 0.236 e. The van der Waals surface area contributed by atoms with Crippen molar-refractivity contribution in [1.29, 1.82) is 0 Å². The fourth-order valence-electron chi connectivity index (χ4n) is 4.59. The molecule has 2 aliphatic rings. The first-order valence-electron chi connectivity index (χ1n) is 11.0. The number of hydrogen-bond acceptors (Lipinski definition) is 4. The first-order chi connectivity index (χ1) is 14.5. The van der Waals surface area contributed by atoms with Crippen LogP contribution in [0.15, 0.2) is 30.3 Å². The molecule has 3 heterocycles. The van der Waals surface area contributed by atoms with E-state index in [-0.39, 0.29) is 5.91 Å². The number of piperidine rings is 1. The zero-order chi connectivity index (χ0) is 21.1. The van der Waals surface area contributed by atoms with Gasteiger partial charge in [-0.05, 0) is 76.0 Å². The summed E-state index contributed by atoms with van der Waals surface area (Å²) in [5, 5.41) is 5.35. The van der Waals surface area contributed by atoms with Crippen molar-refractivity contribution in [2.45, 2.75) is 33.2 Å². The third-order valence-electron chi connectivity index (χ3n) is 6.42. The number of anilines is 1. The monoisotopic (exact) mass is 429 g/mol. The molecule has 6 nitrogen and oxygen atoms in total. The Morgan fingerprint density at radius 1 is 1.03 bits per heavy atom. The number of piperazine rings is 1. The van der Waals surface area contributed by atoms with Gasteiger partial charge in [-0.2, -0.15) is 5.10 Å². The van der Waals surface area contributed by atoms with Gasteiger partial charge in [-0.1, -0.05) is 11.6 Å². The van der Waals surface area contributed by atoms with Crippen LogP contribution in [0.3, 0.4) is 0 Å². The van der Waals surface area contributed by atoms with E-state index in [2.05, 4.69) is 44.7 Å². The Labute approximate surface area is 184 Å². The van der Waals surface area contributed by atoms with Crippen LogP contribution in [-0.2, 0) is 11.3 Å². The van der Waals surface area contributed by atoms with Crippen molar-refractivity contribution in [1.82, 2.24) is 19.6 Å². The number of carbonyl (C=O) groups excluding carboxylic acids is 1. The van der Waals surface area contributed by atoms with Crippen molar-refractivity contribution in [3.05, 3.63) is 46.7 Å². The average molecular weight is 430 g/mol. The summed E-state index contributed by atoms with van der Waals surface area (Å²) < 4.78 is 2.14. The number of amides is 1. The number of halogens is 1. The van der Waals surface area contributed by atoms with E-state index in [1.54, 1.807) is 0 Å². The number of carbonyl (C=O) groups is 1. The highest BCUT2D eigenvalue weighted by molar-refractivity contribution is 6.30. The Bertz CT molecular complexity index is 849. The number of nitrogens with zero attached hydrogens (tertiary/aromatic N) is 5. The van der Waals surface area contributed by atoms with Crippen molar-refractivity contribution in [2.24, 2.45) is 5.92 Å². The topological polar surface area (TPSA) is 44.6 Å². The predicted octanol–water partition coefficient (Wildman–Crippen LogP) is 3.21. The number of likely N-dealkylation sites (tertiary alicyclic amines) is 1. The zero-order valence-electron chi connectivity index (χ0n) is 18.1. The van der Waals surface area contributed by atoms with Crippen LogP contribution >= 0.6 is 11.6 Å². The first kappa shape index (κ1) is 21.2. The molecule has 2 aromatic rings. The van der Waals surface area contributed by atoms with Crippen molar-refractivity contribution >= 4 is 23.2 Å². The molecule has 0 saturated carbocycles. The standard InChI is InChI=1S/C23H32ClN5O/c1-18-15-19(2)29(25-18)16-20-7-9-26(10-8-20)17-23(30)28-13-11-27(12-14-28)22-5-3-21(24)4-6-22/h3-6,15,20H,7-14,16-17H2,1-2H3. The second-order valence-corrected chi connectivity index (χ2v) is 9.11. The summed E-state index contributed by atoms with van der Waals surface area (Å²) in [6, 6.07) is 10.1. The Kier molecular flexibility index (Phi) is 6.64. The molecule has 2 fully saturated rings. The van der Waals surface area contributed by atoms with Crippen LogP contribution in [0.5, 0.6) is 0 Å². The van der Waals surface area contributed by atoms with Crippen molar-refractivity contribution in [3.63, 3.8) is 0 Å². The van der Waals surface area contributed by atoms with E-state index in [1.807, 2.05) is 24.0 Å². The normalized spacial score (nSPS) is 18.8. The molecule has 1 amide bonds. The lowest BCUT2D eigenvalue weighted by Crippen LogP contribution is -2.52. The van der Waals surface area contributed by atoms with E-state index < -0.39 is 0 Å². The maximum absolute atomic E-state index is 12.8. The molecule has 1 aromatic heterocycles. The van der Waals surface area contributed by atoms with Gasteiger partial charge in [0.1, 0.15) is 0 Å². The summed E-state index contributed by atoms with van der Waals surface area (Å²) in [5.41, 5.74) is 3.51. The Morgan fingerprint density at radius 2 is 1.70 bits per heavy atom. The van der Waals surface area contributed by atoms with Gasteiger partial charge in [0.15, 0.2) is 0 Å². The van der Waals surface area contributed by atoms with Crippen LogP contribution in [0, 0.1) is 19.8 Å². The predicted molar refractivity (Wildman–Crippen MR) is 121 cm³/mol. The van der Waals surface area contributed by atoms with Crippen molar-refractivity contribution in [3.8, 4) is 0 Å². The molecular formula is C23H32ClN5O. The van der Waals surface area contributed by atoms with Gasteiger partial charge in [0.05, 0.1) is 12.2 Å². The highest BCUT2D eigenvalue weighted by atomic mass is 35.5. The average Bonchev–Trinajstić information content (AvgIpc) is 3.07. The SMILES string of the molecule is Cc1cc(C)n(CC2CCN(CC(=O)N3CCN(c4ccc(Cl)cc4)CC3)CC2)n1. The van der Waals surface area contributed by atoms with E-state index in [9.17, 15) is 4.79 Å². The number of hydrogen-bond donors (Lipinski definition) is 0. The van der Waals surface area contributed by atoms with Crippen molar-refractivity contribution < 1.29 is 4.79 Å². The van der Waals surface area contributed by atoms with Crippen LogP contribution in [0.25, 0.3) is 0 Å². The molecular weight excluding hydrogens is 398 g/mol. The van der Waals surface area contributed by atoms with Crippen LogP contribution in [-0.4, -0.2) is 71.3 Å². The molecule has 1 aromatic carbocycles. The van der Waals surface area contributed by atoms with E-state index in [0.717, 1.165) is 69.4 Å². The van der Waals surface area contributed by atoms with E-state index in [1.165, 1.54) is 11.4 Å². The molecule has 0 spiro atoms. The Balaban J connectivity index is 1.20. The van der Waals surface area contributed by atoms with E-state index in [0.29, 0.717) is 12.5 Å².